The summed E-state index contributed by atoms with van der Waals surface area (Å²) in [4.78, 5) is 28.9. The Labute approximate surface area is 216 Å². The van der Waals surface area contributed by atoms with Crippen LogP contribution in [0.15, 0.2) is 101 Å². The summed E-state index contributed by atoms with van der Waals surface area (Å²) in [7, 11) is -0.114. The number of anilines is 1. The first-order valence-corrected chi connectivity index (χ1v) is 12.7. The Kier molecular flexibility index (Phi) is 6.83. The van der Waals surface area contributed by atoms with Crippen LogP contribution in [0.1, 0.15) is 31.8 Å². The van der Waals surface area contributed by atoms with Gasteiger partial charge >= 0.3 is 0 Å². The number of hydrogen-bond donors (Lipinski definition) is 1. The fourth-order valence-electron chi connectivity index (χ4n) is 4.29. The average Bonchev–Trinajstić information content (AvgIpc) is 3.02. The molecule has 5 rings (SSSR count). The standard InChI is InChI=1S/C29H23FN2O4S/c1-36-25-12-6-3-8-20(25)17-31-28(33)19-14-15-27-24(16-19)32(18-21-9-2-5-11-23(21)30)29(34)22-10-4-7-13-26(22)37(27)35/h2-16H,17-18H2,1H3,(H,31,33). The molecule has 0 aromatic heterocycles. The highest BCUT2D eigenvalue weighted by Crippen LogP contribution is 2.36. The molecule has 0 aliphatic carbocycles. The number of methoxy groups -OCH3 is 1. The van der Waals surface area contributed by atoms with E-state index in [4.69, 9.17) is 4.74 Å². The van der Waals surface area contributed by atoms with E-state index in [9.17, 15) is 18.2 Å². The smallest absolute Gasteiger partial charge is 0.259 e. The Balaban J connectivity index is 1.54. The fraction of sp³-hybridized carbons (Fsp3) is 0.103. The molecule has 186 valence electrons. The highest BCUT2D eigenvalue weighted by Gasteiger charge is 2.32. The van der Waals surface area contributed by atoms with Crippen molar-refractivity contribution in [1.82, 2.24) is 5.32 Å². The van der Waals surface area contributed by atoms with Gasteiger partial charge in [0.2, 0.25) is 0 Å². The van der Waals surface area contributed by atoms with Gasteiger partial charge in [0, 0.05) is 23.2 Å². The molecule has 1 atom stereocenters. The molecular formula is C29H23FN2O4S. The van der Waals surface area contributed by atoms with Gasteiger partial charge in [-0.25, -0.2) is 8.60 Å². The second-order valence-corrected chi connectivity index (χ2v) is 9.84. The van der Waals surface area contributed by atoms with Gasteiger partial charge in [-0.2, -0.15) is 0 Å². The monoisotopic (exact) mass is 514 g/mol. The number of ether oxygens (including phenoxy) is 1. The van der Waals surface area contributed by atoms with Crippen LogP contribution in [0.25, 0.3) is 0 Å². The van der Waals surface area contributed by atoms with Crippen LogP contribution in [0.5, 0.6) is 5.75 Å². The van der Waals surface area contributed by atoms with Crippen LogP contribution in [0.4, 0.5) is 10.1 Å². The van der Waals surface area contributed by atoms with E-state index in [2.05, 4.69) is 5.32 Å². The molecule has 1 unspecified atom stereocenters. The van der Waals surface area contributed by atoms with Crippen LogP contribution in [0.3, 0.4) is 0 Å². The number of amides is 2. The van der Waals surface area contributed by atoms with Crippen molar-refractivity contribution in [2.24, 2.45) is 0 Å². The summed E-state index contributed by atoms with van der Waals surface area (Å²) >= 11 is 0. The van der Waals surface area contributed by atoms with E-state index in [-0.39, 0.29) is 30.1 Å². The van der Waals surface area contributed by atoms with Gasteiger partial charge in [0.25, 0.3) is 11.8 Å². The Morgan fingerprint density at radius 1 is 0.919 bits per heavy atom. The van der Waals surface area contributed by atoms with Crippen LogP contribution < -0.4 is 15.0 Å². The molecule has 1 N–H and O–H groups in total. The summed E-state index contributed by atoms with van der Waals surface area (Å²) in [6.07, 6.45) is 0. The third-order valence-electron chi connectivity index (χ3n) is 6.19. The maximum Gasteiger partial charge on any atom is 0.259 e. The van der Waals surface area contributed by atoms with Crippen LogP contribution in [-0.4, -0.2) is 23.1 Å². The minimum absolute atomic E-state index is 0.0870. The lowest BCUT2D eigenvalue weighted by Gasteiger charge is -2.24. The van der Waals surface area contributed by atoms with E-state index in [1.54, 1.807) is 61.7 Å². The zero-order valence-corrected chi connectivity index (χ0v) is 20.8. The van der Waals surface area contributed by atoms with Gasteiger partial charge in [-0.1, -0.05) is 48.5 Å². The molecule has 1 aliphatic heterocycles. The molecule has 0 fully saturated rings. The summed E-state index contributed by atoms with van der Waals surface area (Å²) in [5.74, 6) is -0.599. The highest BCUT2D eigenvalue weighted by molar-refractivity contribution is 7.85. The largest absolute Gasteiger partial charge is 0.496 e. The predicted octanol–water partition coefficient (Wildman–Crippen LogP) is 5.09. The van der Waals surface area contributed by atoms with Gasteiger partial charge in [0.1, 0.15) is 11.6 Å². The number of fused-ring (bicyclic) bond motifs is 2. The van der Waals surface area contributed by atoms with Crippen LogP contribution >= 0.6 is 0 Å². The number of carbonyl (C=O) groups is 2. The number of carbonyl (C=O) groups excluding carboxylic acids is 2. The molecule has 1 heterocycles. The number of halogens is 1. The molecular weight excluding hydrogens is 491 g/mol. The Bertz CT molecular complexity index is 1540. The van der Waals surface area contributed by atoms with E-state index in [1.807, 2.05) is 24.3 Å². The maximum atomic E-state index is 14.6. The second kappa shape index (κ2) is 10.4. The van der Waals surface area contributed by atoms with E-state index in [0.29, 0.717) is 26.8 Å². The number of para-hydroxylation sites is 1. The van der Waals surface area contributed by atoms with Crippen LogP contribution in [-0.2, 0) is 23.9 Å². The van der Waals surface area contributed by atoms with E-state index in [1.165, 1.54) is 17.0 Å². The summed E-state index contributed by atoms with van der Waals surface area (Å²) in [5, 5.41) is 2.87. The van der Waals surface area contributed by atoms with Gasteiger partial charge in [0.05, 0.1) is 45.5 Å². The predicted molar refractivity (Wildman–Crippen MR) is 139 cm³/mol. The average molecular weight is 515 g/mol. The maximum absolute atomic E-state index is 14.6. The molecule has 4 aromatic rings. The number of hydrogen-bond acceptors (Lipinski definition) is 4. The molecule has 0 saturated heterocycles. The van der Waals surface area contributed by atoms with Crippen molar-refractivity contribution >= 4 is 28.3 Å². The highest BCUT2D eigenvalue weighted by atomic mass is 32.2. The summed E-state index contributed by atoms with van der Waals surface area (Å²) < 4.78 is 33.5. The Morgan fingerprint density at radius 2 is 1.62 bits per heavy atom. The van der Waals surface area contributed by atoms with Gasteiger partial charge in [-0.3, -0.25) is 9.59 Å². The lowest BCUT2D eigenvalue weighted by molar-refractivity contribution is 0.0947. The van der Waals surface area contributed by atoms with Crippen molar-refractivity contribution in [2.45, 2.75) is 22.9 Å². The van der Waals surface area contributed by atoms with Crippen LogP contribution in [0.2, 0.25) is 0 Å². The van der Waals surface area contributed by atoms with Crippen molar-refractivity contribution in [1.29, 1.82) is 0 Å². The molecule has 0 radical (unpaired) electrons. The normalized spacial score (nSPS) is 14.4. The first-order chi connectivity index (χ1) is 18.0. The van der Waals surface area contributed by atoms with Crippen molar-refractivity contribution < 1.29 is 22.9 Å². The topological polar surface area (TPSA) is 75.7 Å². The van der Waals surface area contributed by atoms with Gasteiger partial charge in [0.15, 0.2) is 0 Å². The SMILES string of the molecule is COc1ccccc1CNC(=O)c1ccc2c(c1)N(Cc1ccccc1F)C(=O)c1ccccc1S2=O. The fourth-order valence-corrected chi connectivity index (χ4v) is 5.63. The molecule has 1 aliphatic rings. The number of nitrogens with one attached hydrogen (secondary N) is 1. The summed E-state index contributed by atoms with van der Waals surface area (Å²) in [6.45, 7) is 0.144. The lowest BCUT2D eigenvalue weighted by atomic mass is 10.1. The molecule has 8 heteroatoms. The molecule has 6 nitrogen and oxygen atoms in total. The number of nitrogens with zero attached hydrogens (tertiary/aromatic N) is 1. The molecule has 0 spiro atoms. The summed E-state index contributed by atoms with van der Waals surface area (Å²) in [5.41, 5.74) is 1.96. The minimum Gasteiger partial charge on any atom is -0.496 e. The Morgan fingerprint density at radius 3 is 2.41 bits per heavy atom. The van der Waals surface area contributed by atoms with Crippen molar-refractivity contribution in [3.8, 4) is 5.75 Å². The van der Waals surface area contributed by atoms with Gasteiger partial charge in [-0.05, 0) is 42.5 Å². The second-order valence-electron chi connectivity index (χ2n) is 8.42. The quantitative estimate of drug-likeness (QED) is 0.389. The molecule has 2 amide bonds. The van der Waals surface area contributed by atoms with Crippen molar-refractivity contribution in [3.05, 3.63) is 119 Å². The van der Waals surface area contributed by atoms with E-state index >= 15 is 0 Å². The molecule has 4 aromatic carbocycles. The zero-order valence-electron chi connectivity index (χ0n) is 19.9. The third-order valence-corrected chi connectivity index (χ3v) is 7.69. The van der Waals surface area contributed by atoms with E-state index < -0.39 is 22.5 Å². The zero-order chi connectivity index (χ0) is 25.9. The molecule has 0 saturated carbocycles. The molecule has 37 heavy (non-hydrogen) atoms. The number of benzene rings is 4. The lowest BCUT2D eigenvalue weighted by Crippen LogP contribution is -2.31. The number of rotatable bonds is 6. The summed E-state index contributed by atoms with van der Waals surface area (Å²) in [6, 6.07) is 24.9. The van der Waals surface area contributed by atoms with Gasteiger partial charge < -0.3 is 15.0 Å². The third kappa shape index (κ3) is 4.75. The van der Waals surface area contributed by atoms with E-state index in [0.717, 1.165) is 5.56 Å². The van der Waals surface area contributed by atoms with Crippen molar-refractivity contribution in [2.75, 3.05) is 12.0 Å². The van der Waals surface area contributed by atoms with Crippen molar-refractivity contribution in [3.63, 3.8) is 0 Å². The molecule has 0 bridgehead atoms. The van der Waals surface area contributed by atoms with Gasteiger partial charge in [-0.15, -0.1) is 0 Å². The van der Waals surface area contributed by atoms with Crippen LogP contribution in [0, 0.1) is 5.82 Å². The Hall–Kier alpha value is -4.30. The first-order valence-electron chi connectivity index (χ1n) is 11.6. The first kappa shape index (κ1) is 24.4. The minimum atomic E-state index is -1.68.